The SMILES string of the molecule is COC(=O)[C@@H]1C[C@]23C=C[C@]1(OC(C)=O)[C@@]2(C)CC[C@@H]1c2ccc(OC)cc2CC[C@@H]13. The molecule has 0 N–H and O–H groups in total. The van der Waals surface area contributed by atoms with Crippen LogP contribution in [0.3, 0.4) is 0 Å². The molecule has 0 amide bonds. The van der Waals surface area contributed by atoms with Crippen molar-refractivity contribution in [3.05, 3.63) is 41.5 Å². The van der Waals surface area contributed by atoms with Gasteiger partial charge in [0.05, 0.1) is 14.2 Å². The Balaban J connectivity index is 1.60. The largest absolute Gasteiger partial charge is 0.497 e. The van der Waals surface area contributed by atoms with E-state index in [9.17, 15) is 9.59 Å². The molecule has 30 heavy (non-hydrogen) atoms. The number of ether oxygens (including phenoxy) is 3. The van der Waals surface area contributed by atoms with Crippen LogP contribution in [0, 0.1) is 22.7 Å². The molecule has 0 unspecified atom stereocenters. The van der Waals surface area contributed by atoms with Gasteiger partial charge >= 0.3 is 11.9 Å². The van der Waals surface area contributed by atoms with Crippen LogP contribution in [0.15, 0.2) is 30.4 Å². The average Bonchev–Trinajstić information content (AvgIpc) is 3.12. The predicted molar refractivity (Wildman–Crippen MR) is 111 cm³/mol. The highest BCUT2D eigenvalue weighted by atomic mass is 16.6. The maximum Gasteiger partial charge on any atom is 0.313 e. The minimum absolute atomic E-state index is 0.165. The van der Waals surface area contributed by atoms with E-state index in [0.29, 0.717) is 18.3 Å². The lowest BCUT2D eigenvalue weighted by atomic mass is 9.48. The Kier molecular flexibility index (Phi) is 4.16. The van der Waals surface area contributed by atoms with Crippen LogP contribution in [0.1, 0.15) is 56.6 Å². The summed E-state index contributed by atoms with van der Waals surface area (Å²) in [7, 11) is 3.14. The first-order valence-corrected chi connectivity index (χ1v) is 11.0. The van der Waals surface area contributed by atoms with Crippen LogP contribution in [-0.4, -0.2) is 31.8 Å². The van der Waals surface area contributed by atoms with Crippen molar-refractivity contribution >= 4 is 11.9 Å². The smallest absolute Gasteiger partial charge is 0.313 e. The molecule has 4 aliphatic rings. The predicted octanol–water partition coefficient (Wildman–Crippen LogP) is 4.19. The third-order valence-corrected chi connectivity index (χ3v) is 8.95. The van der Waals surface area contributed by atoms with Crippen molar-refractivity contribution in [3.63, 3.8) is 0 Å². The van der Waals surface area contributed by atoms with Crippen molar-refractivity contribution in [2.75, 3.05) is 14.2 Å². The summed E-state index contributed by atoms with van der Waals surface area (Å²) in [5, 5.41) is 0. The summed E-state index contributed by atoms with van der Waals surface area (Å²) in [5.74, 6) is 0.718. The summed E-state index contributed by atoms with van der Waals surface area (Å²) in [5.41, 5.74) is 1.43. The maximum absolute atomic E-state index is 12.8. The van der Waals surface area contributed by atoms with E-state index in [1.54, 1.807) is 7.11 Å². The van der Waals surface area contributed by atoms with Crippen molar-refractivity contribution in [1.82, 2.24) is 0 Å². The molecule has 4 aliphatic carbocycles. The zero-order chi connectivity index (χ0) is 21.3. The van der Waals surface area contributed by atoms with Crippen LogP contribution in [-0.2, 0) is 25.5 Å². The van der Waals surface area contributed by atoms with E-state index in [1.165, 1.54) is 25.2 Å². The van der Waals surface area contributed by atoms with Crippen LogP contribution in [0.4, 0.5) is 0 Å². The monoisotopic (exact) mass is 410 g/mol. The third kappa shape index (κ3) is 2.19. The Bertz CT molecular complexity index is 951. The van der Waals surface area contributed by atoms with Gasteiger partial charge in [-0.3, -0.25) is 9.59 Å². The van der Waals surface area contributed by atoms with Crippen molar-refractivity contribution in [2.24, 2.45) is 22.7 Å². The number of esters is 2. The fourth-order valence-corrected chi connectivity index (χ4v) is 7.69. The Morgan fingerprint density at radius 2 is 1.93 bits per heavy atom. The van der Waals surface area contributed by atoms with Gasteiger partial charge in [0, 0.05) is 17.8 Å². The number of aryl methyl sites for hydroxylation is 1. The van der Waals surface area contributed by atoms with E-state index in [1.807, 2.05) is 6.08 Å². The Hall–Kier alpha value is -2.30. The van der Waals surface area contributed by atoms with Gasteiger partial charge in [0.15, 0.2) is 0 Å². The van der Waals surface area contributed by atoms with Crippen LogP contribution in [0.2, 0.25) is 0 Å². The first kappa shape index (κ1) is 19.7. The molecule has 0 radical (unpaired) electrons. The van der Waals surface area contributed by atoms with Crippen LogP contribution in [0.5, 0.6) is 5.75 Å². The summed E-state index contributed by atoms with van der Waals surface area (Å²) >= 11 is 0. The van der Waals surface area contributed by atoms with E-state index in [4.69, 9.17) is 14.2 Å². The minimum Gasteiger partial charge on any atom is -0.497 e. The standard InChI is InChI=1S/C25H30O5/c1-15(26)30-25-12-11-24(14-21(25)22(27)29-4)20-8-5-16-13-17(28-3)6-7-18(16)19(20)9-10-23(24,25)2/h6-7,11-13,19-21H,5,8-10,14H2,1-4H3/t19-,20+,21+,23+,24+,25-/m1/s1. The quantitative estimate of drug-likeness (QED) is 0.552. The highest BCUT2D eigenvalue weighted by Gasteiger charge is 2.78. The fourth-order valence-electron chi connectivity index (χ4n) is 7.69. The lowest BCUT2D eigenvalue weighted by Gasteiger charge is -2.56. The molecule has 0 aliphatic heterocycles. The number of hydrogen-bond acceptors (Lipinski definition) is 5. The molecule has 5 heteroatoms. The van der Waals surface area contributed by atoms with Crippen LogP contribution >= 0.6 is 0 Å². The molecule has 5 nitrogen and oxygen atoms in total. The fraction of sp³-hybridized carbons (Fsp3) is 0.600. The number of methoxy groups -OCH3 is 2. The van der Waals surface area contributed by atoms with Gasteiger partial charge in [-0.05, 0) is 73.3 Å². The molecule has 0 aromatic heterocycles. The molecule has 0 heterocycles. The topological polar surface area (TPSA) is 61.8 Å². The number of carbonyl (C=O) groups excluding carboxylic acids is 2. The van der Waals surface area contributed by atoms with Gasteiger partial charge in [0.25, 0.3) is 0 Å². The number of rotatable bonds is 3. The number of benzene rings is 1. The van der Waals surface area contributed by atoms with Crippen molar-refractivity contribution in [2.45, 2.75) is 57.5 Å². The molecule has 1 aromatic rings. The van der Waals surface area contributed by atoms with Crippen molar-refractivity contribution in [3.8, 4) is 5.75 Å². The Labute approximate surface area is 177 Å². The molecule has 1 aromatic carbocycles. The zero-order valence-corrected chi connectivity index (χ0v) is 18.2. The second-order valence-electron chi connectivity index (χ2n) is 9.73. The lowest BCUT2D eigenvalue weighted by Crippen LogP contribution is -2.55. The van der Waals surface area contributed by atoms with Gasteiger partial charge in [-0.25, -0.2) is 0 Å². The summed E-state index contributed by atoms with van der Waals surface area (Å²) < 4.78 is 16.7. The van der Waals surface area contributed by atoms with E-state index in [0.717, 1.165) is 31.4 Å². The second kappa shape index (κ2) is 6.35. The minimum atomic E-state index is -0.906. The molecular formula is C25H30O5. The molecule has 0 spiro atoms. The molecule has 0 saturated heterocycles. The van der Waals surface area contributed by atoms with Gasteiger partial charge in [-0.2, -0.15) is 0 Å². The number of fused-ring (bicyclic) bond motifs is 3. The molecule has 2 saturated carbocycles. The van der Waals surface area contributed by atoms with Gasteiger partial charge in [0.2, 0.25) is 0 Å². The average molecular weight is 411 g/mol. The molecule has 160 valence electrons. The molecular weight excluding hydrogens is 380 g/mol. The van der Waals surface area contributed by atoms with E-state index >= 15 is 0 Å². The molecule has 2 fully saturated rings. The lowest BCUT2D eigenvalue weighted by molar-refractivity contribution is -0.179. The van der Waals surface area contributed by atoms with Gasteiger partial charge in [-0.1, -0.05) is 19.1 Å². The van der Waals surface area contributed by atoms with Gasteiger partial charge < -0.3 is 14.2 Å². The highest BCUT2D eigenvalue weighted by molar-refractivity contribution is 5.78. The van der Waals surface area contributed by atoms with Crippen LogP contribution < -0.4 is 4.74 Å². The molecule has 6 atom stereocenters. The van der Waals surface area contributed by atoms with E-state index < -0.39 is 11.5 Å². The van der Waals surface area contributed by atoms with Gasteiger partial charge in [0.1, 0.15) is 17.3 Å². The zero-order valence-electron chi connectivity index (χ0n) is 18.2. The number of hydrogen-bond donors (Lipinski definition) is 0. The Morgan fingerprint density at radius 1 is 1.13 bits per heavy atom. The van der Waals surface area contributed by atoms with Crippen molar-refractivity contribution < 1.29 is 23.8 Å². The maximum atomic E-state index is 12.8. The highest BCUT2D eigenvalue weighted by Crippen LogP contribution is 2.77. The first-order chi connectivity index (χ1) is 14.3. The molecule has 2 bridgehead atoms. The summed E-state index contributed by atoms with van der Waals surface area (Å²) in [6, 6.07) is 6.47. The van der Waals surface area contributed by atoms with E-state index in [-0.39, 0.29) is 22.8 Å². The van der Waals surface area contributed by atoms with Gasteiger partial charge in [-0.15, -0.1) is 0 Å². The third-order valence-electron chi connectivity index (χ3n) is 8.95. The first-order valence-electron chi connectivity index (χ1n) is 11.0. The normalized spacial score (nSPS) is 40.2. The van der Waals surface area contributed by atoms with Crippen molar-refractivity contribution in [1.29, 1.82) is 0 Å². The molecule has 5 rings (SSSR count). The second-order valence-corrected chi connectivity index (χ2v) is 9.73. The summed E-state index contributed by atoms with van der Waals surface area (Å²) in [6.07, 6.45) is 9.02. The summed E-state index contributed by atoms with van der Waals surface area (Å²) in [6.45, 7) is 3.67. The van der Waals surface area contributed by atoms with E-state index in [2.05, 4.69) is 31.2 Å². The van der Waals surface area contributed by atoms with Crippen LogP contribution in [0.25, 0.3) is 0 Å². The number of allylic oxidation sites excluding steroid dienone is 1. The summed E-state index contributed by atoms with van der Waals surface area (Å²) in [4.78, 5) is 25.0. The number of carbonyl (C=O) groups is 2. The Morgan fingerprint density at radius 3 is 2.63 bits per heavy atom.